The molecule has 2 heterocycles. The maximum absolute atomic E-state index is 14.8. The second-order valence-corrected chi connectivity index (χ2v) is 15.2. The Morgan fingerprint density at radius 1 is 0.778 bits per heavy atom. The fourth-order valence-electron chi connectivity index (χ4n) is 7.09. The first-order valence-electron chi connectivity index (χ1n) is 18.3. The average molecular weight is 742 g/mol. The number of hydrogen-bond donors (Lipinski definition) is 0. The molecule has 7 rings (SSSR count). The average Bonchev–Trinajstić information content (AvgIpc) is 3.54. The van der Waals surface area contributed by atoms with E-state index in [9.17, 15) is 18.0 Å². The summed E-state index contributed by atoms with van der Waals surface area (Å²) in [5.41, 5.74) is 6.10. The maximum atomic E-state index is 14.8. The number of esters is 1. The zero-order chi connectivity index (χ0) is 37.7. The Morgan fingerprint density at radius 2 is 1.43 bits per heavy atom. The summed E-state index contributed by atoms with van der Waals surface area (Å²) in [5.74, 6) is -0.533. The third kappa shape index (κ3) is 7.61. The Balaban J connectivity index is 1.17. The number of piperazine rings is 1. The third-order valence-electron chi connectivity index (χ3n) is 9.95. The molecule has 276 valence electrons. The number of anilines is 2. The van der Waals surface area contributed by atoms with Crippen LogP contribution in [0.5, 0.6) is 0 Å². The van der Waals surface area contributed by atoms with E-state index in [1.807, 2.05) is 102 Å². The minimum absolute atomic E-state index is 0.00224. The lowest BCUT2D eigenvalue weighted by molar-refractivity contribution is 0.0491. The van der Waals surface area contributed by atoms with Gasteiger partial charge in [0.25, 0.3) is 15.9 Å². The Morgan fingerprint density at radius 3 is 2.15 bits per heavy atom. The van der Waals surface area contributed by atoms with E-state index in [1.165, 1.54) is 10.4 Å². The number of nitrogens with zero attached hydrogens (tertiary/aromatic N) is 3. The topological polar surface area (TPSA) is 100 Å². The summed E-state index contributed by atoms with van der Waals surface area (Å²) in [4.78, 5) is 30.6. The van der Waals surface area contributed by atoms with E-state index in [0.29, 0.717) is 66.8 Å². The molecule has 0 radical (unpaired) electrons. The quantitative estimate of drug-likeness (QED) is 0.118. The van der Waals surface area contributed by atoms with Crippen molar-refractivity contribution in [1.29, 1.82) is 0 Å². The molecule has 0 unspecified atom stereocenters. The number of rotatable bonds is 12. The Kier molecular flexibility index (Phi) is 10.8. The summed E-state index contributed by atoms with van der Waals surface area (Å²) >= 11 is 0. The molecule has 0 bridgehead atoms. The van der Waals surface area contributed by atoms with Crippen molar-refractivity contribution in [2.75, 3.05) is 48.5 Å². The lowest BCUT2D eigenvalue weighted by atomic mass is 9.99. The first-order chi connectivity index (χ1) is 26.2. The van der Waals surface area contributed by atoms with Crippen LogP contribution in [0, 0.1) is 6.92 Å². The van der Waals surface area contributed by atoms with Crippen molar-refractivity contribution in [3.05, 3.63) is 161 Å². The molecule has 0 aliphatic carbocycles. The molecule has 0 saturated carbocycles. The predicted molar refractivity (Wildman–Crippen MR) is 212 cm³/mol. The highest BCUT2D eigenvalue weighted by molar-refractivity contribution is 7.92. The molecule has 5 aromatic carbocycles. The Bertz CT molecular complexity index is 2370. The van der Waals surface area contributed by atoms with Gasteiger partial charge in [-0.25, -0.2) is 13.2 Å². The van der Waals surface area contributed by atoms with E-state index in [0.717, 1.165) is 22.4 Å². The van der Waals surface area contributed by atoms with Crippen molar-refractivity contribution in [2.45, 2.75) is 31.6 Å². The van der Waals surface area contributed by atoms with Crippen LogP contribution in [0.25, 0.3) is 11.0 Å². The molecule has 6 aromatic rings. The van der Waals surface area contributed by atoms with Gasteiger partial charge in [-0.3, -0.25) is 9.10 Å². The first-order valence-corrected chi connectivity index (χ1v) is 19.7. The van der Waals surface area contributed by atoms with Gasteiger partial charge in [0.15, 0.2) is 0 Å². The number of fused-ring (bicyclic) bond motifs is 1. The molecule has 1 aromatic heterocycles. The summed E-state index contributed by atoms with van der Waals surface area (Å²) in [5, 5.41) is 0.529. The highest BCUT2D eigenvalue weighted by Gasteiger charge is 2.31. The summed E-state index contributed by atoms with van der Waals surface area (Å²) in [7, 11) is -4.12. The first kappa shape index (κ1) is 36.5. The number of carbonyl (C=O) groups is 2. The van der Waals surface area contributed by atoms with Crippen molar-refractivity contribution < 1.29 is 27.2 Å². The molecular weight excluding hydrogens is 699 g/mol. The van der Waals surface area contributed by atoms with Crippen LogP contribution in [0.15, 0.2) is 137 Å². The van der Waals surface area contributed by atoms with Crippen LogP contribution < -0.4 is 9.21 Å². The van der Waals surface area contributed by atoms with Crippen LogP contribution in [-0.4, -0.2) is 64.5 Å². The van der Waals surface area contributed by atoms with Gasteiger partial charge in [0.2, 0.25) is 5.76 Å². The second kappa shape index (κ2) is 16.0. The van der Waals surface area contributed by atoms with Gasteiger partial charge in [-0.2, -0.15) is 0 Å². The molecular formula is C44H43N3O6S. The fraction of sp³-hybridized carbons (Fsp3) is 0.227. The fourth-order valence-corrected chi connectivity index (χ4v) is 8.59. The number of amides is 1. The van der Waals surface area contributed by atoms with Crippen LogP contribution in [0.3, 0.4) is 0 Å². The van der Waals surface area contributed by atoms with Crippen LogP contribution in [-0.2, 0) is 27.6 Å². The number of ether oxygens (including phenoxy) is 1. The van der Waals surface area contributed by atoms with Gasteiger partial charge >= 0.3 is 5.97 Å². The summed E-state index contributed by atoms with van der Waals surface area (Å²) in [6.07, 6.45) is 1.15. The molecule has 1 fully saturated rings. The number of hydrogen-bond acceptors (Lipinski definition) is 7. The SMILES string of the molecule is CCOC(=O)c1oc2ccc(S(=O)(=O)N(CCc3ccccc3)c3ccccc3N3CCN(C(=O)c4ccccc4Cc4ccccc4)CC3)cc2c1C. The van der Waals surface area contributed by atoms with Crippen molar-refractivity contribution >= 4 is 44.2 Å². The standard InChI is InChI=1S/C44H43N3O6S/c1-3-52-44(49)42-32(2)38-31-36(22-23-41(38)53-42)54(50,51)47(25-24-33-14-6-4-7-15-33)40-21-13-12-20-39(40)45-26-28-46(29-27-45)43(48)37-19-11-10-18-35(37)30-34-16-8-5-9-17-34/h4-23,31H,3,24-30H2,1-2H3. The largest absolute Gasteiger partial charge is 0.460 e. The molecule has 0 N–H and O–H groups in total. The molecule has 0 atom stereocenters. The summed E-state index contributed by atoms with van der Waals surface area (Å²) in [6, 6.07) is 40.0. The second-order valence-electron chi connectivity index (χ2n) is 13.3. The molecule has 54 heavy (non-hydrogen) atoms. The summed E-state index contributed by atoms with van der Waals surface area (Å²) < 4.78 is 42.0. The Labute approximate surface area is 316 Å². The van der Waals surface area contributed by atoms with E-state index in [4.69, 9.17) is 9.15 Å². The highest BCUT2D eigenvalue weighted by atomic mass is 32.2. The monoisotopic (exact) mass is 741 g/mol. The zero-order valence-corrected chi connectivity index (χ0v) is 31.3. The lowest BCUT2D eigenvalue weighted by Gasteiger charge is -2.38. The van der Waals surface area contributed by atoms with Gasteiger partial charge in [-0.15, -0.1) is 0 Å². The van der Waals surface area contributed by atoms with Crippen LogP contribution in [0.1, 0.15) is 50.1 Å². The van der Waals surface area contributed by atoms with E-state index in [-0.39, 0.29) is 29.7 Å². The molecule has 10 heteroatoms. The number of para-hydroxylation sites is 2. The smallest absolute Gasteiger partial charge is 0.374 e. The van der Waals surface area contributed by atoms with Crippen molar-refractivity contribution in [3.63, 3.8) is 0 Å². The van der Waals surface area contributed by atoms with Gasteiger partial charge in [0.1, 0.15) is 5.58 Å². The normalized spacial score (nSPS) is 13.2. The zero-order valence-electron chi connectivity index (χ0n) is 30.5. The lowest BCUT2D eigenvalue weighted by Crippen LogP contribution is -2.49. The minimum atomic E-state index is -4.12. The van der Waals surface area contributed by atoms with E-state index >= 15 is 0 Å². The highest BCUT2D eigenvalue weighted by Crippen LogP contribution is 2.36. The molecule has 1 amide bonds. The third-order valence-corrected chi connectivity index (χ3v) is 11.8. The van der Waals surface area contributed by atoms with Gasteiger partial charge < -0.3 is 19.0 Å². The maximum Gasteiger partial charge on any atom is 0.374 e. The number of sulfonamides is 1. The summed E-state index contributed by atoms with van der Waals surface area (Å²) in [6.45, 7) is 5.87. The number of carbonyl (C=O) groups excluding carboxylic acids is 2. The van der Waals surface area contributed by atoms with Crippen molar-refractivity contribution in [1.82, 2.24) is 4.90 Å². The molecule has 1 aliphatic heterocycles. The van der Waals surface area contributed by atoms with Crippen LogP contribution in [0.2, 0.25) is 0 Å². The number of aryl methyl sites for hydroxylation is 1. The molecule has 9 nitrogen and oxygen atoms in total. The van der Waals surface area contributed by atoms with Crippen LogP contribution in [0.4, 0.5) is 11.4 Å². The predicted octanol–water partition coefficient (Wildman–Crippen LogP) is 7.91. The van der Waals surface area contributed by atoms with Crippen molar-refractivity contribution in [2.24, 2.45) is 0 Å². The van der Waals surface area contributed by atoms with E-state index in [2.05, 4.69) is 17.0 Å². The molecule has 0 spiro atoms. The Hall–Kier alpha value is -5.87. The van der Waals surface area contributed by atoms with Gasteiger partial charge in [-0.05, 0) is 79.8 Å². The van der Waals surface area contributed by atoms with Crippen LogP contribution >= 0.6 is 0 Å². The van der Waals surface area contributed by atoms with Crippen molar-refractivity contribution in [3.8, 4) is 0 Å². The number of benzene rings is 5. The number of furan rings is 1. The van der Waals surface area contributed by atoms with E-state index < -0.39 is 16.0 Å². The van der Waals surface area contributed by atoms with E-state index in [1.54, 1.807) is 26.0 Å². The molecule has 1 saturated heterocycles. The van der Waals surface area contributed by atoms with Gasteiger partial charge in [-0.1, -0.05) is 91.0 Å². The minimum Gasteiger partial charge on any atom is -0.460 e. The molecule has 1 aliphatic rings. The van der Waals surface area contributed by atoms with Gasteiger partial charge in [0, 0.05) is 49.2 Å². The van der Waals surface area contributed by atoms with Gasteiger partial charge in [0.05, 0.1) is 22.9 Å².